The van der Waals surface area contributed by atoms with Gasteiger partial charge in [-0.05, 0) is 26.2 Å². The first-order valence-corrected chi connectivity index (χ1v) is 5.12. The molecule has 1 aromatic rings. The molecule has 0 aromatic carbocycles. The number of rotatable bonds is 3. The van der Waals surface area contributed by atoms with Crippen molar-refractivity contribution in [2.45, 2.75) is 45.6 Å². The second-order valence-corrected chi connectivity index (χ2v) is 3.67. The summed E-state index contributed by atoms with van der Waals surface area (Å²) in [6.45, 7) is 5.18. The van der Waals surface area contributed by atoms with Crippen LogP contribution in [0.5, 0.6) is 0 Å². The van der Waals surface area contributed by atoms with Gasteiger partial charge in [-0.15, -0.1) is 0 Å². The lowest BCUT2D eigenvalue weighted by Crippen LogP contribution is -2.04. The minimum atomic E-state index is 0.697. The number of hydrogen-bond donors (Lipinski definition) is 1. The molecule has 1 fully saturated rings. The summed E-state index contributed by atoms with van der Waals surface area (Å²) in [5, 5.41) is 0. The monoisotopic (exact) mass is 179 g/mol. The van der Waals surface area contributed by atoms with E-state index in [9.17, 15) is 0 Å². The fourth-order valence-electron chi connectivity index (χ4n) is 1.78. The Bertz CT molecular complexity index is 310. The third kappa shape index (κ3) is 1.32. The Kier molecular flexibility index (Phi) is 2.02. The van der Waals surface area contributed by atoms with Crippen LogP contribution in [0.3, 0.4) is 0 Å². The van der Waals surface area contributed by atoms with Crippen molar-refractivity contribution in [2.75, 3.05) is 5.73 Å². The lowest BCUT2D eigenvalue weighted by atomic mass is 10.3. The second kappa shape index (κ2) is 3.05. The van der Waals surface area contributed by atoms with Gasteiger partial charge in [0.05, 0.1) is 5.69 Å². The Morgan fingerprint density at radius 3 is 2.62 bits per heavy atom. The van der Waals surface area contributed by atoms with E-state index in [-0.39, 0.29) is 0 Å². The third-order valence-electron chi connectivity index (χ3n) is 2.71. The molecule has 0 radical (unpaired) electrons. The fourth-order valence-corrected chi connectivity index (χ4v) is 1.78. The van der Waals surface area contributed by atoms with Crippen molar-refractivity contribution in [3.63, 3.8) is 0 Å². The number of nitrogens with two attached hydrogens (primary N) is 1. The van der Waals surface area contributed by atoms with Gasteiger partial charge in [0, 0.05) is 12.5 Å². The van der Waals surface area contributed by atoms with Crippen LogP contribution in [0.25, 0.3) is 0 Å². The molecule has 1 aliphatic rings. The molecule has 0 spiro atoms. The number of nitrogen functional groups attached to an aromatic ring is 1. The molecule has 3 heteroatoms. The normalized spacial score (nSPS) is 16.5. The van der Waals surface area contributed by atoms with Crippen LogP contribution in [0, 0.1) is 0 Å². The molecule has 72 valence electrons. The summed E-state index contributed by atoms with van der Waals surface area (Å²) in [4.78, 5) is 4.60. The number of imidazole rings is 1. The van der Waals surface area contributed by atoms with Gasteiger partial charge in [0.1, 0.15) is 11.6 Å². The number of anilines is 1. The molecule has 0 unspecified atom stereocenters. The third-order valence-corrected chi connectivity index (χ3v) is 2.71. The van der Waals surface area contributed by atoms with E-state index in [4.69, 9.17) is 5.73 Å². The van der Waals surface area contributed by atoms with Gasteiger partial charge >= 0.3 is 0 Å². The highest BCUT2D eigenvalue weighted by atomic mass is 15.1. The minimum absolute atomic E-state index is 0.697. The Balaban J connectivity index is 2.42. The van der Waals surface area contributed by atoms with Crippen molar-refractivity contribution in [3.8, 4) is 0 Å². The van der Waals surface area contributed by atoms with Crippen LogP contribution in [-0.2, 0) is 13.0 Å². The van der Waals surface area contributed by atoms with Crippen molar-refractivity contribution in [1.82, 2.24) is 9.55 Å². The van der Waals surface area contributed by atoms with Gasteiger partial charge in [0.25, 0.3) is 0 Å². The Labute approximate surface area is 79.0 Å². The minimum Gasteiger partial charge on any atom is -0.384 e. The quantitative estimate of drug-likeness (QED) is 0.770. The number of nitrogens with zero attached hydrogens (tertiary/aromatic N) is 2. The van der Waals surface area contributed by atoms with Crippen molar-refractivity contribution in [2.24, 2.45) is 0 Å². The molecule has 0 saturated heterocycles. The smallest absolute Gasteiger partial charge is 0.126 e. The first-order valence-electron chi connectivity index (χ1n) is 5.12. The SMILES string of the molecule is CCc1nc(C2CC2)n(CC)c1N. The van der Waals surface area contributed by atoms with E-state index < -0.39 is 0 Å². The van der Waals surface area contributed by atoms with Crippen LogP contribution in [-0.4, -0.2) is 9.55 Å². The molecule has 0 amide bonds. The predicted octanol–water partition coefficient (Wildman–Crippen LogP) is 1.92. The molecular weight excluding hydrogens is 162 g/mol. The van der Waals surface area contributed by atoms with Crippen molar-refractivity contribution in [1.29, 1.82) is 0 Å². The topological polar surface area (TPSA) is 43.8 Å². The molecule has 2 N–H and O–H groups in total. The number of aromatic nitrogens is 2. The van der Waals surface area contributed by atoms with E-state index in [2.05, 4.69) is 23.4 Å². The number of hydrogen-bond acceptors (Lipinski definition) is 2. The predicted molar refractivity (Wildman–Crippen MR) is 53.7 cm³/mol. The van der Waals surface area contributed by atoms with Gasteiger partial charge in [-0.25, -0.2) is 4.98 Å². The van der Waals surface area contributed by atoms with Crippen molar-refractivity contribution >= 4 is 5.82 Å². The van der Waals surface area contributed by atoms with Gasteiger partial charge in [0.15, 0.2) is 0 Å². The zero-order valence-corrected chi connectivity index (χ0v) is 8.38. The molecule has 1 aromatic heterocycles. The summed E-state index contributed by atoms with van der Waals surface area (Å²) in [7, 11) is 0. The fraction of sp³-hybridized carbons (Fsp3) is 0.700. The van der Waals surface area contributed by atoms with Gasteiger partial charge in [-0.3, -0.25) is 0 Å². The molecule has 1 aliphatic carbocycles. The van der Waals surface area contributed by atoms with Crippen LogP contribution in [0.15, 0.2) is 0 Å². The maximum atomic E-state index is 5.99. The van der Waals surface area contributed by atoms with Crippen LogP contribution in [0.2, 0.25) is 0 Å². The van der Waals surface area contributed by atoms with Crippen LogP contribution < -0.4 is 5.73 Å². The summed E-state index contributed by atoms with van der Waals surface area (Å²) < 4.78 is 2.16. The Morgan fingerprint density at radius 2 is 2.15 bits per heavy atom. The standard InChI is InChI=1S/C10H17N3/c1-3-8-9(11)13(4-2)10(12-8)7-5-6-7/h7H,3-6,11H2,1-2H3. The zero-order chi connectivity index (χ0) is 9.42. The molecule has 3 nitrogen and oxygen atoms in total. The van der Waals surface area contributed by atoms with Crippen molar-refractivity contribution in [3.05, 3.63) is 11.5 Å². The van der Waals surface area contributed by atoms with Gasteiger partial charge in [-0.1, -0.05) is 6.92 Å². The summed E-state index contributed by atoms with van der Waals surface area (Å²) in [5.74, 6) is 2.80. The second-order valence-electron chi connectivity index (χ2n) is 3.67. The van der Waals surface area contributed by atoms with Gasteiger partial charge in [-0.2, -0.15) is 0 Å². The molecule has 0 bridgehead atoms. The molecule has 13 heavy (non-hydrogen) atoms. The first-order chi connectivity index (χ1) is 6.27. The highest BCUT2D eigenvalue weighted by molar-refractivity contribution is 5.39. The van der Waals surface area contributed by atoms with Gasteiger partial charge in [0.2, 0.25) is 0 Å². The average molecular weight is 179 g/mol. The summed E-state index contributed by atoms with van der Waals surface area (Å²) in [5.41, 5.74) is 7.06. The highest BCUT2D eigenvalue weighted by Crippen LogP contribution is 2.40. The summed E-state index contributed by atoms with van der Waals surface area (Å²) in [6, 6.07) is 0. The van der Waals surface area contributed by atoms with E-state index in [0.717, 1.165) is 24.5 Å². The van der Waals surface area contributed by atoms with Crippen LogP contribution >= 0.6 is 0 Å². The van der Waals surface area contributed by atoms with Crippen LogP contribution in [0.4, 0.5) is 5.82 Å². The molecule has 1 heterocycles. The zero-order valence-electron chi connectivity index (χ0n) is 8.38. The largest absolute Gasteiger partial charge is 0.384 e. The maximum absolute atomic E-state index is 5.99. The average Bonchev–Trinajstić information content (AvgIpc) is 2.91. The van der Waals surface area contributed by atoms with Gasteiger partial charge < -0.3 is 10.3 Å². The molecule has 0 atom stereocenters. The van der Waals surface area contributed by atoms with E-state index in [1.54, 1.807) is 0 Å². The highest BCUT2D eigenvalue weighted by Gasteiger charge is 2.29. The lowest BCUT2D eigenvalue weighted by molar-refractivity contribution is 0.708. The molecule has 2 rings (SSSR count). The summed E-state index contributed by atoms with van der Waals surface area (Å²) >= 11 is 0. The lowest BCUT2D eigenvalue weighted by Gasteiger charge is -2.04. The summed E-state index contributed by atoms with van der Waals surface area (Å²) in [6.07, 6.45) is 3.53. The first kappa shape index (κ1) is 8.60. The maximum Gasteiger partial charge on any atom is 0.126 e. The van der Waals surface area contributed by atoms with Crippen molar-refractivity contribution < 1.29 is 0 Å². The number of aryl methyl sites for hydroxylation is 1. The van der Waals surface area contributed by atoms with E-state index in [1.807, 2.05) is 0 Å². The van der Waals surface area contributed by atoms with E-state index >= 15 is 0 Å². The van der Waals surface area contributed by atoms with E-state index in [1.165, 1.54) is 18.7 Å². The molecule has 1 saturated carbocycles. The van der Waals surface area contributed by atoms with Crippen LogP contribution in [0.1, 0.15) is 44.1 Å². The van der Waals surface area contributed by atoms with E-state index in [0.29, 0.717) is 5.92 Å². The Hall–Kier alpha value is -0.990. The molecular formula is C10H17N3. The molecule has 0 aliphatic heterocycles. The Morgan fingerprint density at radius 1 is 1.46 bits per heavy atom.